The first kappa shape index (κ1) is 20.9. The van der Waals surface area contributed by atoms with Crippen molar-refractivity contribution >= 4 is 49.7 Å². The summed E-state index contributed by atoms with van der Waals surface area (Å²) in [6.07, 6.45) is 1.29. The summed E-state index contributed by atoms with van der Waals surface area (Å²) in [6, 6.07) is 21.4. The van der Waals surface area contributed by atoms with Crippen molar-refractivity contribution in [2.75, 3.05) is 19.5 Å². The Morgan fingerprint density at radius 2 is 1.70 bits per heavy atom. The normalized spacial score (nSPS) is 14.0. The first-order chi connectivity index (χ1) is 15.9. The summed E-state index contributed by atoms with van der Waals surface area (Å²) in [7, 11) is -2.89. The maximum Gasteiger partial charge on any atom is 0.362 e. The van der Waals surface area contributed by atoms with Gasteiger partial charge in [0.25, 0.3) is 0 Å². The lowest BCUT2D eigenvalue weighted by Crippen LogP contribution is -2.38. The molecule has 4 aromatic rings. The zero-order valence-electron chi connectivity index (χ0n) is 17.6. The van der Waals surface area contributed by atoms with E-state index in [9.17, 15) is 13.0 Å². The van der Waals surface area contributed by atoms with Crippen LogP contribution in [0.15, 0.2) is 76.7 Å². The predicted molar refractivity (Wildman–Crippen MR) is 131 cm³/mol. The van der Waals surface area contributed by atoms with Crippen LogP contribution in [0, 0.1) is 0 Å². The molecule has 5 rings (SSSR count). The van der Waals surface area contributed by atoms with Gasteiger partial charge in [-0.25, -0.2) is 9.30 Å². The average Bonchev–Trinajstić information content (AvgIpc) is 2.83. The molecule has 0 amide bonds. The molecule has 166 valence electrons. The molecule has 1 heterocycles. The fourth-order valence-corrected chi connectivity index (χ4v) is 4.68. The highest BCUT2D eigenvalue weighted by Crippen LogP contribution is 2.35. The van der Waals surface area contributed by atoms with Gasteiger partial charge in [0.15, 0.2) is 5.84 Å². The van der Waals surface area contributed by atoms with Gasteiger partial charge in [0.1, 0.15) is 18.8 Å². The fourth-order valence-electron chi connectivity index (χ4n) is 4.09. The Labute approximate surface area is 190 Å². The number of ether oxygens (including phenoxy) is 1. The second-order valence-corrected chi connectivity index (χ2v) is 8.91. The monoisotopic (exact) mass is 460 g/mol. The molecule has 9 heteroatoms. The summed E-state index contributed by atoms with van der Waals surface area (Å²) in [5.41, 5.74) is 9.43. The van der Waals surface area contributed by atoms with Crippen LogP contribution in [0.5, 0.6) is 5.75 Å². The summed E-state index contributed by atoms with van der Waals surface area (Å²) in [6.45, 7) is -0.221. The van der Waals surface area contributed by atoms with Crippen LogP contribution in [0.3, 0.4) is 0 Å². The van der Waals surface area contributed by atoms with Crippen LogP contribution in [-0.2, 0) is 10.3 Å². The van der Waals surface area contributed by atoms with E-state index >= 15 is 0 Å². The van der Waals surface area contributed by atoms with Gasteiger partial charge in [-0.2, -0.15) is 8.42 Å². The number of nitrogen functional groups attached to an aromatic ring is 1. The van der Waals surface area contributed by atoms with Crippen molar-refractivity contribution in [1.29, 1.82) is 0 Å². The summed E-state index contributed by atoms with van der Waals surface area (Å²) in [5, 5.41) is 3.81. The van der Waals surface area contributed by atoms with Gasteiger partial charge in [0.05, 0.1) is 12.8 Å². The lowest BCUT2D eigenvalue weighted by Gasteiger charge is -2.22. The van der Waals surface area contributed by atoms with Crippen LogP contribution in [-0.4, -0.2) is 43.2 Å². The number of anilines is 1. The third-order valence-electron chi connectivity index (χ3n) is 5.68. The zero-order chi connectivity index (χ0) is 23.2. The second-order valence-electron chi connectivity index (χ2n) is 7.58. The van der Waals surface area contributed by atoms with E-state index in [2.05, 4.69) is 16.1 Å². The Bertz CT molecular complexity index is 1580. The number of hydrogen-bond donors (Lipinski definition) is 2. The summed E-state index contributed by atoms with van der Waals surface area (Å²) >= 11 is 0. The highest BCUT2D eigenvalue weighted by Gasteiger charge is 2.26. The third-order valence-corrected chi connectivity index (χ3v) is 6.52. The molecule has 4 aromatic carbocycles. The second kappa shape index (κ2) is 7.88. The van der Waals surface area contributed by atoms with E-state index in [4.69, 9.17) is 10.5 Å². The topological polar surface area (TPSA) is 118 Å². The molecule has 0 unspecified atom stereocenters. The molecule has 0 saturated heterocycles. The van der Waals surface area contributed by atoms with E-state index in [-0.39, 0.29) is 12.5 Å². The number of hydrogen-bond acceptors (Lipinski definition) is 6. The first-order valence-electron chi connectivity index (χ1n) is 10.1. The van der Waals surface area contributed by atoms with E-state index in [1.165, 1.54) is 6.34 Å². The van der Waals surface area contributed by atoms with Crippen LogP contribution in [0.2, 0.25) is 0 Å². The molecular weight excluding hydrogens is 440 g/mol. The number of aliphatic imine (C=N–C) groups is 2. The van der Waals surface area contributed by atoms with Gasteiger partial charge in [-0.3, -0.25) is 9.55 Å². The lowest BCUT2D eigenvalue weighted by atomic mass is 9.95. The minimum atomic E-state index is -4.49. The van der Waals surface area contributed by atoms with Crippen molar-refractivity contribution in [1.82, 2.24) is 4.31 Å². The fraction of sp³-hybridized carbons (Fsp3) is 0.0833. The third kappa shape index (κ3) is 3.67. The van der Waals surface area contributed by atoms with Gasteiger partial charge in [0.2, 0.25) is 0 Å². The van der Waals surface area contributed by atoms with E-state index in [0.29, 0.717) is 17.0 Å². The molecular formula is C24H20N4O4S. The highest BCUT2D eigenvalue weighted by atomic mass is 32.2. The van der Waals surface area contributed by atoms with Crippen LogP contribution in [0.4, 0.5) is 5.69 Å². The van der Waals surface area contributed by atoms with Crippen molar-refractivity contribution in [2.24, 2.45) is 9.98 Å². The van der Waals surface area contributed by atoms with Crippen molar-refractivity contribution in [3.63, 3.8) is 0 Å². The van der Waals surface area contributed by atoms with Crippen molar-refractivity contribution in [2.45, 2.75) is 0 Å². The summed E-state index contributed by atoms with van der Waals surface area (Å²) in [5.74, 6) is 0.762. The Morgan fingerprint density at radius 1 is 0.970 bits per heavy atom. The highest BCUT2D eigenvalue weighted by molar-refractivity contribution is 7.84. The smallest absolute Gasteiger partial charge is 0.362 e. The number of rotatable bonds is 4. The molecule has 1 aliphatic heterocycles. The van der Waals surface area contributed by atoms with Gasteiger partial charge in [-0.05, 0) is 45.5 Å². The number of fused-ring (bicyclic) bond motifs is 2. The molecule has 0 aliphatic carbocycles. The molecule has 0 saturated carbocycles. The number of amidine groups is 1. The Morgan fingerprint density at radius 3 is 2.48 bits per heavy atom. The van der Waals surface area contributed by atoms with Crippen LogP contribution in [0.25, 0.3) is 32.7 Å². The van der Waals surface area contributed by atoms with E-state index in [1.807, 2.05) is 54.6 Å². The van der Waals surface area contributed by atoms with E-state index in [0.717, 1.165) is 37.0 Å². The minimum absolute atomic E-state index is 0.120. The molecule has 0 radical (unpaired) electrons. The van der Waals surface area contributed by atoms with Crippen LogP contribution >= 0.6 is 0 Å². The molecule has 0 bridgehead atoms. The quantitative estimate of drug-likeness (QED) is 0.351. The average molecular weight is 461 g/mol. The van der Waals surface area contributed by atoms with E-state index in [1.54, 1.807) is 13.2 Å². The molecule has 0 spiro atoms. The Kier molecular flexibility index (Phi) is 4.99. The van der Waals surface area contributed by atoms with Crippen molar-refractivity contribution in [3.8, 4) is 16.9 Å². The summed E-state index contributed by atoms with van der Waals surface area (Å²) < 4.78 is 39.1. The molecule has 1 aliphatic rings. The Hall–Kier alpha value is -3.95. The molecule has 8 nitrogen and oxygen atoms in total. The van der Waals surface area contributed by atoms with E-state index < -0.39 is 10.3 Å². The van der Waals surface area contributed by atoms with Gasteiger partial charge < -0.3 is 10.5 Å². The predicted octanol–water partition coefficient (Wildman–Crippen LogP) is 4.10. The molecule has 0 atom stereocenters. The maximum absolute atomic E-state index is 11.8. The SMILES string of the molecule is COc1ccc2cc(-c3cccc4cc(C5=NC=NCN5S(=O)(=O)O)ccc34)ccc2c1N. The molecule has 3 N–H and O–H groups in total. The number of nitrogens with two attached hydrogens (primary N) is 1. The summed E-state index contributed by atoms with van der Waals surface area (Å²) in [4.78, 5) is 7.90. The maximum atomic E-state index is 11.8. The number of benzene rings is 4. The van der Waals surface area contributed by atoms with Gasteiger partial charge in [0, 0.05) is 10.9 Å². The Balaban J connectivity index is 1.61. The van der Waals surface area contributed by atoms with Gasteiger partial charge in [-0.1, -0.05) is 48.5 Å². The first-order valence-corrected chi connectivity index (χ1v) is 11.5. The van der Waals surface area contributed by atoms with Crippen LogP contribution in [0.1, 0.15) is 5.56 Å². The van der Waals surface area contributed by atoms with Crippen molar-refractivity contribution < 1.29 is 17.7 Å². The van der Waals surface area contributed by atoms with Crippen LogP contribution < -0.4 is 10.5 Å². The van der Waals surface area contributed by atoms with Gasteiger partial charge >= 0.3 is 10.3 Å². The largest absolute Gasteiger partial charge is 0.495 e. The lowest BCUT2D eigenvalue weighted by molar-refractivity contribution is 0.417. The van der Waals surface area contributed by atoms with Gasteiger partial charge in [-0.15, -0.1) is 0 Å². The minimum Gasteiger partial charge on any atom is -0.495 e. The molecule has 0 fully saturated rings. The number of methoxy groups -OCH3 is 1. The standard InChI is InChI=1S/C24H20N4O4S/c1-32-22-10-7-17-11-16(5-9-21(17)23(22)25)19-4-2-3-15-12-18(6-8-20(15)19)24-27-13-26-14-28(24)33(29,30)31/h2-13H,14,25H2,1H3,(H,29,30,31). The number of nitrogens with zero attached hydrogens (tertiary/aromatic N) is 3. The zero-order valence-corrected chi connectivity index (χ0v) is 18.5. The molecule has 0 aromatic heterocycles. The van der Waals surface area contributed by atoms with Crippen molar-refractivity contribution in [3.05, 3.63) is 72.3 Å². The molecule has 33 heavy (non-hydrogen) atoms.